The summed E-state index contributed by atoms with van der Waals surface area (Å²) >= 11 is 0. The molecule has 1 N–H and O–H groups in total. The van der Waals surface area contributed by atoms with Crippen LogP contribution in [0.1, 0.15) is 37.3 Å². The highest BCUT2D eigenvalue weighted by Crippen LogP contribution is 2.27. The van der Waals surface area contributed by atoms with Crippen LogP contribution in [0.3, 0.4) is 0 Å². The number of rotatable bonds is 3. The summed E-state index contributed by atoms with van der Waals surface area (Å²) in [7, 11) is 0. The quantitative estimate of drug-likeness (QED) is 0.884. The molecule has 0 amide bonds. The Morgan fingerprint density at radius 3 is 3.22 bits per heavy atom. The van der Waals surface area contributed by atoms with E-state index in [-0.39, 0.29) is 0 Å². The number of benzene rings is 1. The largest absolute Gasteiger partial charge is 0.493 e. The molecule has 2 unspecified atom stereocenters. The maximum absolute atomic E-state index is 5.55. The summed E-state index contributed by atoms with van der Waals surface area (Å²) in [5.41, 5.74) is 2.90. The van der Waals surface area contributed by atoms with Gasteiger partial charge in [0.25, 0.3) is 0 Å². The molecule has 2 atom stereocenters. The predicted molar refractivity (Wildman–Crippen MR) is 74.2 cm³/mol. The van der Waals surface area contributed by atoms with Crippen molar-refractivity contribution in [1.82, 2.24) is 5.32 Å². The first-order valence-corrected chi connectivity index (χ1v) is 7.29. The standard InChI is InChI=1S/C16H23NO/c1-12-10-14(6-8-17-12)3-2-13-4-5-16-15(11-13)7-9-18-16/h4-5,11-12,14,17H,2-3,6-10H2,1H3. The van der Waals surface area contributed by atoms with Crippen molar-refractivity contribution in [2.45, 2.75) is 45.1 Å². The number of fused-ring (bicyclic) bond motifs is 1. The van der Waals surface area contributed by atoms with Gasteiger partial charge in [-0.2, -0.15) is 0 Å². The van der Waals surface area contributed by atoms with E-state index in [0.717, 1.165) is 24.7 Å². The number of ether oxygens (including phenoxy) is 1. The van der Waals surface area contributed by atoms with Crippen molar-refractivity contribution in [3.63, 3.8) is 0 Å². The third kappa shape index (κ3) is 2.69. The number of hydrogen-bond acceptors (Lipinski definition) is 2. The Morgan fingerprint density at radius 1 is 1.39 bits per heavy atom. The SMILES string of the molecule is CC1CC(CCc2ccc3c(c2)CCO3)CCN1. The molecule has 2 heterocycles. The highest BCUT2D eigenvalue weighted by molar-refractivity contribution is 5.39. The molecule has 2 nitrogen and oxygen atoms in total. The fourth-order valence-corrected chi connectivity index (χ4v) is 3.26. The van der Waals surface area contributed by atoms with Gasteiger partial charge in [-0.3, -0.25) is 0 Å². The van der Waals surface area contributed by atoms with Crippen LogP contribution in [-0.4, -0.2) is 19.2 Å². The molecule has 0 saturated carbocycles. The van der Waals surface area contributed by atoms with Gasteiger partial charge in [0.15, 0.2) is 0 Å². The predicted octanol–water partition coefficient (Wildman–Crippen LogP) is 2.94. The first-order chi connectivity index (χ1) is 8.81. The molecule has 0 radical (unpaired) electrons. The van der Waals surface area contributed by atoms with Crippen LogP contribution in [0.25, 0.3) is 0 Å². The lowest BCUT2D eigenvalue weighted by atomic mass is 9.88. The topological polar surface area (TPSA) is 21.3 Å². The van der Waals surface area contributed by atoms with Gasteiger partial charge in [-0.1, -0.05) is 12.1 Å². The van der Waals surface area contributed by atoms with E-state index in [1.165, 1.54) is 43.4 Å². The van der Waals surface area contributed by atoms with Gasteiger partial charge in [0.1, 0.15) is 5.75 Å². The summed E-state index contributed by atoms with van der Waals surface area (Å²) in [6, 6.07) is 7.46. The van der Waals surface area contributed by atoms with Crippen LogP contribution in [-0.2, 0) is 12.8 Å². The van der Waals surface area contributed by atoms with Gasteiger partial charge in [-0.15, -0.1) is 0 Å². The Hall–Kier alpha value is -1.02. The molecule has 0 bridgehead atoms. The lowest BCUT2D eigenvalue weighted by Crippen LogP contribution is -2.35. The van der Waals surface area contributed by atoms with Gasteiger partial charge < -0.3 is 10.1 Å². The Morgan fingerprint density at radius 2 is 2.33 bits per heavy atom. The van der Waals surface area contributed by atoms with E-state index < -0.39 is 0 Å². The smallest absolute Gasteiger partial charge is 0.122 e. The second kappa shape index (κ2) is 5.31. The summed E-state index contributed by atoms with van der Waals surface area (Å²) in [5, 5.41) is 3.53. The Bertz CT molecular complexity index is 416. The normalized spacial score (nSPS) is 26.7. The summed E-state index contributed by atoms with van der Waals surface area (Å²) in [6.07, 6.45) is 6.34. The first kappa shape index (κ1) is 12.0. The first-order valence-electron chi connectivity index (χ1n) is 7.29. The van der Waals surface area contributed by atoms with Crippen molar-refractivity contribution < 1.29 is 4.74 Å². The third-order valence-electron chi connectivity index (χ3n) is 4.33. The molecule has 1 aromatic carbocycles. The van der Waals surface area contributed by atoms with Crippen molar-refractivity contribution in [1.29, 1.82) is 0 Å². The maximum Gasteiger partial charge on any atom is 0.122 e. The van der Waals surface area contributed by atoms with Gasteiger partial charge in [0.2, 0.25) is 0 Å². The van der Waals surface area contributed by atoms with E-state index in [9.17, 15) is 0 Å². The molecule has 18 heavy (non-hydrogen) atoms. The van der Waals surface area contributed by atoms with Crippen LogP contribution in [0.4, 0.5) is 0 Å². The molecular formula is C16H23NO. The fourth-order valence-electron chi connectivity index (χ4n) is 3.26. The molecule has 0 aliphatic carbocycles. The van der Waals surface area contributed by atoms with Crippen LogP contribution in [0.2, 0.25) is 0 Å². The summed E-state index contributed by atoms with van der Waals surface area (Å²) in [4.78, 5) is 0. The molecule has 1 aromatic rings. The van der Waals surface area contributed by atoms with Gasteiger partial charge in [0.05, 0.1) is 6.61 Å². The molecular weight excluding hydrogens is 222 g/mol. The summed E-state index contributed by atoms with van der Waals surface area (Å²) in [5.74, 6) is 2.01. The monoisotopic (exact) mass is 245 g/mol. The van der Waals surface area contributed by atoms with E-state index in [0.29, 0.717) is 6.04 Å². The van der Waals surface area contributed by atoms with Gasteiger partial charge in [-0.05, 0) is 62.3 Å². The zero-order valence-corrected chi connectivity index (χ0v) is 11.2. The second-order valence-corrected chi connectivity index (χ2v) is 5.82. The molecule has 0 aromatic heterocycles. The zero-order chi connectivity index (χ0) is 12.4. The second-order valence-electron chi connectivity index (χ2n) is 5.82. The van der Waals surface area contributed by atoms with Gasteiger partial charge in [-0.25, -0.2) is 0 Å². The van der Waals surface area contributed by atoms with Crippen LogP contribution in [0.5, 0.6) is 5.75 Å². The average molecular weight is 245 g/mol. The van der Waals surface area contributed by atoms with Crippen molar-refractivity contribution in [3.05, 3.63) is 29.3 Å². The molecule has 98 valence electrons. The van der Waals surface area contributed by atoms with Crippen molar-refractivity contribution in [2.75, 3.05) is 13.2 Å². The molecule has 0 spiro atoms. The zero-order valence-electron chi connectivity index (χ0n) is 11.2. The van der Waals surface area contributed by atoms with Crippen LogP contribution in [0.15, 0.2) is 18.2 Å². The third-order valence-corrected chi connectivity index (χ3v) is 4.33. The minimum absolute atomic E-state index is 0.706. The Kier molecular flexibility index (Phi) is 3.55. The van der Waals surface area contributed by atoms with Crippen molar-refractivity contribution >= 4 is 0 Å². The molecule has 1 fully saturated rings. The van der Waals surface area contributed by atoms with Crippen molar-refractivity contribution in [3.8, 4) is 5.75 Å². The highest BCUT2D eigenvalue weighted by Gasteiger charge is 2.18. The maximum atomic E-state index is 5.55. The molecule has 3 rings (SSSR count). The summed E-state index contributed by atoms with van der Waals surface area (Å²) < 4.78 is 5.55. The van der Waals surface area contributed by atoms with E-state index in [4.69, 9.17) is 4.74 Å². The minimum atomic E-state index is 0.706. The van der Waals surface area contributed by atoms with E-state index in [2.05, 4.69) is 30.4 Å². The molecule has 1 saturated heterocycles. The Balaban J connectivity index is 1.56. The number of hydrogen-bond donors (Lipinski definition) is 1. The highest BCUT2D eigenvalue weighted by atomic mass is 16.5. The number of aryl methyl sites for hydroxylation is 1. The molecule has 2 aliphatic heterocycles. The lowest BCUT2D eigenvalue weighted by Gasteiger charge is -2.28. The van der Waals surface area contributed by atoms with Crippen LogP contribution < -0.4 is 10.1 Å². The lowest BCUT2D eigenvalue weighted by molar-refractivity contribution is 0.301. The van der Waals surface area contributed by atoms with E-state index >= 15 is 0 Å². The molecule has 2 aliphatic rings. The fraction of sp³-hybridized carbons (Fsp3) is 0.625. The van der Waals surface area contributed by atoms with Gasteiger partial charge in [0, 0.05) is 12.5 Å². The number of piperidine rings is 1. The van der Waals surface area contributed by atoms with E-state index in [1.54, 1.807) is 0 Å². The van der Waals surface area contributed by atoms with Crippen LogP contribution >= 0.6 is 0 Å². The summed E-state index contributed by atoms with van der Waals surface area (Å²) in [6.45, 7) is 4.37. The van der Waals surface area contributed by atoms with Crippen LogP contribution in [0, 0.1) is 5.92 Å². The number of nitrogens with one attached hydrogen (secondary N) is 1. The average Bonchev–Trinajstić information content (AvgIpc) is 2.84. The minimum Gasteiger partial charge on any atom is -0.493 e. The Labute approximate surface area is 110 Å². The van der Waals surface area contributed by atoms with Crippen molar-refractivity contribution in [2.24, 2.45) is 5.92 Å². The molecule has 2 heteroatoms. The van der Waals surface area contributed by atoms with E-state index in [1.807, 2.05) is 0 Å². The van der Waals surface area contributed by atoms with Gasteiger partial charge >= 0.3 is 0 Å².